The Morgan fingerprint density at radius 3 is 2.62 bits per heavy atom. The highest BCUT2D eigenvalue weighted by atomic mass is 32.2. The van der Waals surface area contributed by atoms with Crippen molar-refractivity contribution in [3.05, 3.63) is 29.8 Å². The Morgan fingerprint density at radius 2 is 2.12 bits per heavy atom. The maximum absolute atomic E-state index is 12.0. The molecule has 16 heavy (non-hydrogen) atoms. The van der Waals surface area contributed by atoms with Gasteiger partial charge < -0.3 is 5.73 Å². The van der Waals surface area contributed by atoms with Crippen LogP contribution in [0, 0.1) is 0 Å². The van der Waals surface area contributed by atoms with Gasteiger partial charge in [0.2, 0.25) is 10.0 Å². The topological polar surface area (TPSA) is 63.4 Å². The number of nitrogens with two attached hydrogens (primary N) is 1. The first kappa shape index (κ1) is 13.1. The Bertz CT molecular complexity index is 497. The van der Waals surface area contributed by atoms with Crippen LogP contribution in [-0.2, 0) is 10.0 Å². The van der Waals surface area contributed by atoms with E-state index in [1.165, 1.54) is 23.5 Å². The molecule has 0 aliphatic heterocycles. The minimum absolute atomic E-state index is 0.191. The molecule has 88 valence electrons. The van der Waals surface area contributed by atoms with Gasteiger partial charge in [0.1, 0.15) is 4.99 Å². The van der Waals surface area contributed by atoms with Crippen molar-refractivity contribution in [1.82, 2.24) is 4.31 Å². The number of nitrogens with zero attached hydrogens (tertiary/aromatic N) is 1. The Labute approximate surface area is 101 Å². The molecule has 2 N–H and O–H groups in total. The van der Waals surface area contributed by atoms with E-state index in [2.05, 4.69) is 0 Å². The van der Waals surface area contributed by atoms with Gasteiger partial charge in [0.15, 0.2) is 0 Å². The lowest BCUT2D eigenvalue weighted by Crippen LogP contribution is -2.26. The van der Waals surface area contributed by atoms with Gasteiger partial charge in [0, 0.05) is 19.2 Å². The van der Waals surface area contributed by atoms with E-state index >= 15 is 0 Å². The molecule has 0 aliphatic carbocycles. The predicted molar refractivity (Wildman–Crippen MR) is 67.8 cm³/mol. The minimum atomic E-state index is -3.43. The van der Waals surface area contributed by atoms with E-state index in [1.807, 2.05) is 0 Å². The fourth-order valence-corrected chi connectivity index (χ4v) is 2.51. The third kappa shape index (κ3) is 2.58. The summed E-state index contributed by atoms with van der Waals surface area (Å²) in [6.45, 7) is 2.19. The molecule has 0 saturated carbocycles. The molecule has 0 heterocycles. The van der Waals surface area contributed by atoms with Gasteiger partial charge in [-0.1, -0.05) is 31.3 Å². The molecule has 0 aromatic heterocycles. The zero-order chi connectivity index (χ0) is 12.3. The normalized spacial score (nSPS) is 11.7. The molecule has 0 saturated heterocycles. The van der Waals surface area contributed by atoms with Crippen molar-refractivity contribution < 1.29 is 8.42 Å². The van der Waals surface area contributed by atoms with Gasteiger partial charge in [0.05, 0.1) is 4.90 Å². The van der Waals surface area contributed by atoms with Crippen LogP contribution in [0.2, 0.25) is 0 Å². The van der Waals surface area contributed by atoms with Crippen LogP contribution in [0.1, 0.15) is 12.5 Å². The summed E-state index contributed by atoms with van der Waals surface area (Å²) >= 11 is 4.81. The van der Waals surface area contributed by atoms with Gasteiger partial charge in [0.25, 0.3) is 0 Å². The largest absolute Gasteiger partial charge is 0.389 e. The molecule has 0 bridgehead atoms. The van der Waals surface area contributed by atoms with Crippen LogP contribution in [0.3, 0.4) is 0 Å². The Hall–Kier alpha value is -0.980. The summed E-state index contributed by atoms with van der Waals surface area (Å²) in [5, 5.41) is 0. The van der Waals surface area contributed by atoms with Gasteiger partial charge in [-0.05, 0) is 12.1 Å². The Balaban J connectivity index is 3.24. The molecule has 4 nitrogen and oxygen atoms in total. The number of thiocarbonyl (C=S) groups is 1. The van der Waals surface area contributed by atoms with Crippen molar-refractivity contribution in [2.45, 2.75) is 11.8 Å². The average Bonchev–Trinajstić information content (AvgIpc) is 2.28. The third-order valence-corrected chi connectivity index (χ3v) is 4.44. The van der Waals surface area contributed by atoms with E-state index in [0.717, 1.165) is 0 Å². The van der Waals surface area contributed by atoms with Crippen LogP contribution in [0.25, 0.3) is 0 Å². The van der Waals surface area contributed by atoms with Crippen molar-refractivity contribution in [3.8, 4) is 0 Å². The lowest BCUT2D eigenvalue weighted by atomic mass is 10.2. The summed E-state index contributed by atoms with van der Waals surface area (Å²) in [5.74, 6) is 0. The first-order chi connectivity index (χ1) is 7.39. The molecule has 1 rings (SSSR count). The van der Waals surface area contributed by atoms with E-state index in [1.54, 1.807) is 19.1 Å². The fraction of sp³-hybridized carbons (Fsp3) is 0.300. The molecular formula is C10H14N2O2S2. The second-order valence-corrected chi connectivity index (χ2v) is 5.80. The monoisotopic (exact) mass is 258 g/mol. The van der Waals surface area contributed by atoms with E-state index in [0.29, 0.717) is 12.1 Å². The summed E-state index contributed by atoms with van der Waals surface area (Å²) < 4.78 is 25.2. The molecule has 0 fully saturated rings. The van der Waals surface area contributed by atoms with E-state index in [-0.39, 0.29) is 9.88 Å². The van der Waals surface area contributed by atoms with E-state index < -0.39 is 10.0 Å². The molecule has 6 heteroatoms. The van der Waals surface area contributed by atoms with Gasteiger partial charge in [-0.25, -0.2) is 12.7 Å². The van der Waals surface area contributed by atoms with E-state index in [9.17, 15) is 8.42 Å². The lowest BCUT2D eigenvalue weighted by Gasteiger charge is -2.15. The zero-order valence-electron chi connectivity index (χ0n) is 9.17. The summed E-state index contributed by atoms with van der Waals surface area (Å²) in [6.07, 6.45) is 0. The van der Waals surface area contributed by atoms with Gasteiger partial charge in [-0.2, -0.15) is 0 Å². The Kier molecular flexibility index (Phi) is 4.01. The molecule has 0 atom stereocenters. The van der Waals surface area contributed by atoms with E-state index in [4.69, 9.17) is 18.0 Å². The highest BCUT2D eigenvalue weighted by molar-refractivity contribution is 7.89. The molecule has 1 aromatic carbocycles. The second kappa shape index (κ2) is 4.90. The SMILES string of the molecule is CCN(C)S(=O)(=O)c1cccc(C(N)=S)c1. The first-order valence-electron chi connectivity index (χ1n) is 4.75. The smallest absolute Gasteiger partial charge is 0.242 e. The standard InChI is InChI=1S/C10H14N2O2S2/c1-3-12(2)16(13,14)9-6-4-5-8(7-9)10(11)15/h4-7H,3H2,1-2H3,(H2,11,15). The number of hydrogen-bond donors (Lipinski definition) is 1. The number of sulfonamides is 1. The molecule has 1 aromatic rings. The number of benzene rings is 1. The van der Waals surface area contributed by atoms with Crippen LogP contribution in [0.5, 0.6) is 0 Å². The fourth-order valence-electron chi connectivity index (χ4n) is 1.16. The van der Waals surface area contributed by atoms with Crippen molar-refractivity contribution in [2.24, 2.45) is 5.73 Å². The van der Waals surface area contributed by atoms with Crippen LogP contribution in [-0.4, -0.2) is 31.3 Å². The summed E-state index contributed by atoms with van der Waals surface area (Å²) in [5.41, 5.74) is 6.01. The minimum Gasteiger partial charge on any atom is -0.389 e. The number of hydrogen-bond acceptors (Lipinski definition) is 3. The highest BCUT2D eigenvalue weighted by Gasteiger charge is 2.19. The molecule has 0 unspecified atom stereocenters. The maximum atomic E-state index is 12.0. The lowest BCUT2D eigenvalue weighted by molar-refractivity contribution is 0.486. The second-order valence-electron chi connectivity index (χ2n) is 3.31. The van der Waals surface area contributed by atoms with Crippen molar-refractivity contribution in [3.63, 3.8) is 0 Å². The van der Waals surface area contributed by atoms with Crippen LogP contribution >= 0.6 is 12.2 Å². The third-order valence-electron chi connectivity index (χ3n) is 2.27. The predicted octanol–water partition coefficient (Wildman–Crippen LogP) is 0.961. The van der Waals surface area contributed by atoms with Crippen molar-refractivity contribution >= 4 is 27.2 Å². The summed E-state index contributed by atoms with van der Waals surface area (Å²) in [6, 6.07) is 6.34. The van der Waals surface area contributed by atoms with Crippen molar-refractivity contribution in [1.29, 1.82) is 0 Å². The summed E-state index contributed by atoms with van der Waals surface area (Å²) in [4.78, 5) is 0.401. The van der Waals surface area contributed by atoms with Crippen LogP contribution in [0.15, 0.2) is 29.2 Å². The van der Waals surface area contributed by atoms with Gasteiger partial charge in [-0.3, -0.25) is 0 Å². The van der Waals surface area contributed by atoms with Crippen LogP contribution < -0.4 is 5.73 Å². The highest BCUT2D eigenvalue weighted by Crippen LogP contribution is 2.15. The first-order valence-corrected chi connectivity index (χ1v) is 6.60. The van der Waals surface area contributed by atoms with Crippen LogP contribution in [0.4, 0.5) is 0 Å². The zero-order valence-corrected chi connectivity index (χ0v) is 10.8. The Morgan fingerprint density at radius 1 is 1.50 bits per heavy atom. The summed E-state index contributed by atoms with van der Waals surface area (Å²) in [7, 11) is -1.90. The molecule has 0 amide bonds. The quantitative estimate of drug-likeness (QED) is 0.817. The number of rotatable bonds is 4. The maximum Gasteiger partial charge on any atom is 0.242 e. The molecule has 0 aliphatic rings. The van der Waals surface area contributed by atoms with Crippen molar-refractivity contribution in [2.75, 3.05) is 13.6 Å². The van der Waals surface area contributed by atoms with Gasteiger partial charge in [-0.15, -0.1) is 0 Å². The molecular weight excluding hydrogens is 244 g/mol. The van der Waals surface area contributed by atoms with Gasteiger partial charge >= 0.3 is 0 Å². The molecule has 0 spiro atoms. The molecule has 0 radical (unpaired) electrons. The average molecular weight is 258 g/mol.